The van der Waals surface area contributed by atoms with Crippen molar-refractivity contribution in [3.63, 3.8) is 0 Å². The molecule has 0 spiro atoms. The first-order valence-electron chi connectivity index (χ1n) is 8.35. The highest BCUT2D eigenvalue weighted by atomic mass is 19.4. The third-order valence-corrected chi connectivity index (χ3v) is 4.05. The monoisotopic (exact) mass is 378 g/mol. The highest BCUT2D eigenvalue weighted by Crippen LogP contribution is 2.32. The molecule has 2 heterocycles. The highest BCUT2D eigenvalue weighted by Gasteiger charge is 2.30. The van der Waals surface area contributed by atoms with Crippen LogP contribution in [0.2, 0.25) is 0 Å². The first-order valence-corrected chi connectivity index (χ1v) is 8.35. The molecule has 0 aliphatic carbocycles. The van der Waals surface area contributed by atoms with Crippen molar-refractivity contribution in [1.29, 1.82) is 5.26 Å². The third-order valence-electron chi connectivity index (χ3n) is 4.05. The second-order valence-electron chi connectivity index (χ2n) is 5.91. The van der Waals surface area contributed by atoms with Crippen LogP contribution in [0, 0.1) is 11.3 Å². The van der Waals surface area contributed by atoms with E-state index >= 15 is 0 Å². The summed E-state index contributed by atoms with van der Waals surface area (Å²) >= 11 is 0. The summed E-state index contributed by atoms with van der Waals surface area (Å²) in [6.07, 6.45) is -4.46. The molecule has 0 N–H and O–H groups in total. The average Bonchev–Trinajstić information content (AvgIpc) is 2.68. The van der Waals surface area contributed by atoms with Gasteiger partial charge in [0.25, 0.3) is 0 Å². The van der Waals surface area contributed by atoms with Gasteiger partial charge in [-0.3, -0.25) is 4.90 Å². The van der Waals surface area contributed by atoms with E-state index in [1.165, 1.54) is 18.2 Å². The Labute approximate surface area is 154 Å². The fraction of sp³-hybridized carbons (Fsp3) is 0.389. The number of nitrogens with zero attached hydrogens (tertiary/aromatic N) is 4. The topological polar surface area (TPSA) is 71.3 Å². The molecular weight excluding hydrogens is 361 g/mol. The van der Waals surface area contributed by atoms with Crippen molar-refractivity contribution in [2.75, 3.05) is 39.5 Å². The van der Waals surface area contributed by atoms with Crippen molar-refractivity contribution < 1.29 is 22.6 Å². The van der Waals surface area contributed by atoms with Crippen molar-refractivity contribution in [3.05, 3.63) is 41.7 Å². The Bertz CT molecular complexity index is 830. The average molecular weight is 378 g/mol. The Kier molecular flexibility index (Phi) is 5.88. The van der Waals surface area contributed by atoms with Gasteiger partial charge in [-0.05, 0) is 12.1 Å². The second-order valence-corrected chi connectivity index (χ2v) is 5.91. The molecule has 9 heteroatoms. The van der Waals surface area contributed by atoms with Gasteiger partial charge in [-0.1, -0.05) is 12.1 Å². The summed E-state index contributed by atoms with van der Waals surface area (Å²) in [4.78, 5) is 10.1. The molecular formula is C18H17F3N4O2. The number of hydrogen-bond donors (Lipinski definition) is 0. The van der Waals surface area contributed by atoms with Crippen molar-refractivity contribution in [1.82, 2.24) is 14.9 Å². The Morgan fingerprint density at radius 1 is 1.19 bits per heavy atom. The van der Waals surface area contributed by atoms with Crippen LogP contribution in [0.3, 0.4) is 0 Å². The van der Waals surface area contributed by atoms with Crippen LogP contribution in [0.25, 0.3) is 11.3 Å². The number of hydrogen-bond acceptors (Lipinski definition) is 6. The Morgan fingerprint density at radius 2 is 1.96 bits per heavy atom. The molecule has 1 saturated heterocycles. The van der Waals surface area contributed by atoms with Crippen LogP contribution >= 0.6 is 0 Å². The molecule has 0 bridgehead atoms. The largest absolute Gasteiger partial charge is 0.476 e. The lowest BCUT2D eigenvalue weighted by Gasteiger charge is -2.26. The van der Waals surface area contributed by atoms with Crippen molar-refractivity contribution >= 4 is 0 Å². The minimum atomic E-state index is -4.46. The standard InChI is InChI=1S/C18H17F3N4O2/c19-18(20,21)14-3-1-2-13(10-14)15-11-17(24-16(12-22)23-15)27-9-6-25-4-7-26-8-5-25/h1-3,10-11H,4-9H2. The van der Waals surface area contributed by atoms with Crippen LogP contribution < -0.4 is 4.74 Å². The minimum absolute atomic E-state index is 0.155. The fourth-order valence-electron chi connectivity index (χ4n) is 2.66. The van der Waals surface area contributed by atoms with E-state index in [1.54, 1.807) is 0 Å². The maximum atomic E-state index is 12.9. The van der Waals surface area contributed by atoms with Gasteiger partial charge < -0.3 is 9.47 Å². The van der Waals surface area contributed by atoms with Crippen LogP contribution in [0.15, 0.2) is 30.3 Å². The van der Waals surface area contributed by atoms with Crippen molar-refractivity contribution in [2.24, 2.45) is 0 Å². The molecule has 0 radical (unpaired) electrons. The van der Waals surface area contributed by atoms with Gasteiger partial charge >= 0.3 is 6.18 Å². The summed E-state index contributed by atoms with van der Waals surface area (Å²) in [5.74, 6) is -0.00601. The lowest BCUT2D eigenvalue weighted by atomic mass is 10.1. The van der Waals surface area contributed by atoms with Gasteiger partial charge in [0.2, 0.25) is 11.7 Å². The van der Waals surface area contributed by atoms with Crippen LogP contribution in [0.1, 0.15) is 11.4 Å². The van der Waals surface area contributed by atoms with Crippen molar-refractivity contribution in [2.45, 2.75) is 6.18 Å². The number of alkyl halides is 3. The zero-order chi connectivity index (χ0) is 19.3. The molecule has 0 unspecified atom stereocenters. The number of ether oxygens (including phenoxy) is 2. The van der Waals surface area contributed by atoms with Gasteiger partial charge in [0, 0.05) is 31.3 Å². The van der Waals surface area contributed by atoms with Crippen molar-refractivity contribution in [3.8, 4) is 23.2 Å². The number of rotatable bonds is 5. The van der Waals surface area contributed by atoms with Gasteiger partial charge in [0.05, 0.1) is 24.5 Å². The van der Waals surface area contributed by atoms with Gasteiger partial charge in [-0.2, -0.15) is 23.4 Å². The van der Waals surface area contributed by atoms with E-state index < -0.39 is 11.7 Å². The van der Waals surface area contributed by atoms with Gasteiger partial charge in [-0.15, -0.1) is 0 Å². The zero-order valence-electron chi connectivity index (χ0n) is 14.4. The van der Waals surface area contributed by atoms with E-state index in [4.69, 9.17) is 14.7 Å². The van der Waals surface area contributed by atoms with Crippen LogP contribution in [-0.2, 0) is 10.9 Å². The molecule has 0 atom stereocenters. The summed E-state index contributed by atoms with van der Waals surface area (Å²) in [6.45, 7) is 3.97. The number of morpholine rings is 1. The summed E-state index contributed by atoms with van der Waals surface area (Å²) in [6, 6.07) is 8.01. The van der Waals surface area contributed by atoms with E-state index in [1.807, 2.05) is 6.07 Å². The lowest BCUT2D eigenvalue weighted by molar-refractivity contribution is -0.137. The normalized spacial score (nSPS) is 15.3. The molecule has 6 nitrogen and oxygen atoms in total. The Hall–Kier alpha value is -2.70. The van der Waals surface area contributed by atoms with Gasteiger partial charge in [0.15, 0.2) is 0 Å². The van der Waals surface area contributed by atoms with Crippen LogP contribution in [0.5, 0.6) is 5.88 Å². The number of benzene rings is 1. The summed E-state index contributed by atoms with van der Waals surface area (Å²) in [5, 5.41) is 9.11. The molecule has 1 fully saturated rings. The molecule has 1 aromatic heterocycles. The minimum Gasteiger partial charge on any atom is -0.476 e. The summed E-state index contributed by atoms with van der Waals surface area (Å²) in [5.41, 5.74) is -0.345. The number of halogens is 3. The predicted octanol–water partition coefficient (Wildman–Crippen LogP) is 2.75. The zero-order valence-corrected chi connectivity index (χ0v) is 14.4. The number of nitriles is 1. The predicted molar refractivity (Wildman–Crippen MR) is 89.9 cm³/mol. The SMILES string of the molecule is N#Cc1nc(OCCN2CCOCC2)cc(-c2cccc(C(F)(F)F)c2)n1. The van der Waals surface area contributed by atoms with E-state index in [0.29, 0.717) is 26.4 Å². The molecule has 0 saturated carbocycles. The molecule has 1 aliphatic rings. The molecule has 142 valence electrons. The second kappa shape index (κ2) is 8.33. The molecule has 27 heavy (non-hydrogen) atoms. The van der Waals surface area contributed by atoms with Crippen LogP contribution in [0.4, 0.5) is 13.2 Å². The quantitative estimate of drug-likeness (QED) is 0.797. The summed E-state index contributed by atoms with van der Waals surface area (Å²) in [7, 11) is 0. The van der Waals surface area contributed by atoms with Gasteiger partial charge in [0.1, 0.15) is 12.7 Å². The maximum absolute atomic E-state index is 12.9. The Morgan fingerprint density at radius 3 is 2.67 bits per heavy atom. The first-order chi connectivity index (χ1) is 13.0. The van der Waals surface area contributed by atoms with E-state index in [2.05, 4.69) is 14.9 Å². The molecule has 1 aliphatic heterocycles. The van der Waals surface area contributed by atoms with Gasteiger partial charge in [-0.25, -0.2) is 4.98 Å². The van der Waals surface area contributed by atoms with Crippen LogP contribution in [-0.4, -0.2) is 54.3 Å². The summed E-state index contributed by atoms with van der Waals surface area (Å²) < 4.78 is 49.7. The molecule has 3 rings (SSSR count). The Balaban J connectivity index is 1.76. The molecule has 0 amide bonds. The fourth-order valence-corrected chi connectivity index (χ4v) is 2.66. The number of aromatic nitrogens is 2. The lowest BCUT2D eigenvalue weighted by Crippen LogP contribution is -2.38. The maximum Gasteiger partial charge on any atom is 0.416 e. The highest BCUT2D eigenvalue weighted by molar-refractivity contribution is 5.61. The molecule has 2 aromatic rings. The molecule has 1 aromatic carbocycles. The third kappa shape index (κ3) is 5.15. The van der Waals surface area contributed by atoms with E-state index in [-0.39, 0.29) is 23.0 Å². The van der Waals surface area contributed by atoms with E-state index in [9.17, 15) is 13.2 Å². The smallest absolute Gasteiger partial charge is 0.416 e. The first kappa shape index (κ1) is 19.1. The van der Waals surface area contributed by atoms with E-state index in [0.717, 1.165) is 25.2 Å².